The van der Waals surface area contributed by atoms with Crippen molar-refractivity contribution in [3.8, 4) is 0 Å². The lowest BCUT2D eigenvalue weighted by molar-refractivity contribution is 0.537. The molecule has 2 heteroatoms. The number of nitrogens with one attached hydrogen (secondary N) is 1. The maximum Gasteiger partial charge on any atom is 0.0224 e. The van der Waals surface area contributed by atoms with E-state index in [0.717, 1.165) is 25.3 Å². The molecule has 0 aliphatic carbocycles. The molecule has 0 saturated heterocycles. The van der Waals surface area contributed by atoms with Gasteiger partial charge >= 0.3 is 0 Å². The van der Waals surface area contributed by atoms with E-state index in [0.29, 0.717) is 6.04 Å². The van der Waals surface area contributed by atoms with Gasteiger partial charge in [0, 0.05) is 18.5 Å². The first-order chi connectivity index (χ1) is 4.81. The summed E-state index contributed by atoms with van der Waals surface area (Å²) in [5.41, 5.74) is 0. The van der Waals surface area contributed by atoms with Crippen molar-refractivity contribution in [2.45, 2.75) is 25.8 Å². The third-order valence-corrected chi connectivity index (χ3v) is 1.65. The van der Waals surface area contributed by atoms with Gasteiger partial charge in [0.1, 0.15) is 0 Å². The molecule has 60 valence electrons. The monoisotopic (exact) mass is 161 g/mol. The molecule has 0 aliphatic heterocycles. The summed E-state index contributed by atoms with van der Waals surface area (Å²) in [6.07, 6.45) is 4.11. The summed E-state index contributed by atoms with van der Waals surface area (Å²) in [6, 6.07) is 0.566. The van der Waals surface area contributed by atoms with E-state index in [1.165, 1.54) is 0 Å². The van der Waals surface area contributed by atoms with E-state index in [1.54, 1.807) is 0 Å². The Kier molecular flexibility index (Phi) is 7.09. The molecule has 0 rings (SSSR count). The number of hydrogen-bond donors (Lipinski definition) is 1. The second kappa shape index (κ2) is 7.10. The van der Waals surface area contributed by atoms with Crippen LogP contribution in [0.15, 0.2) is 12.7 Å². The van der Waals surface area contributed by atoms with Crippen LogP contribution in [0.2, 0.25) is 0 Å². The van der Waals surface area contributed by atoms with E-state index >= 15 is 0 Å². The average molecular weight is 162 g/mol. The lowest BCUT2D eigenvalue weighted by Gasteiger charge is -2.10. The zero-order chi connectivity index (χ0) is 7.82. The van der Waals surface area contributed by atoms with E-state index in [1.807, 2.05) is 6.08 Å². The minimum absolute atomic E-state index is 0.566. The van der Waals surface area contributed by atoms with Gasteiger partial charge in [-0.3, -0.25) is 0 Å². The minimum Gasteiger partial charge on any atom is -0.311 e. The maximum atomic E-state index is 5.53. The Hall–Kier alpha value is -0.0100. The van der Waals surface area contributed by atoms with Gasteiger partial charge in [0.15, 0.2) is 0 Å². The van der Waals surface area contributed by atoms with Crippen molar-refractivity contribution in [1.82, 2.24) is 5.32 Å². The van der Waals surface area contributed by atoms with Crippen LogP contribution in [0.4, 0.5) is 0 Å². The van der Waals surface area contributed by atoms with Crippen LogP contribution in [0.5, 0.6) is 0 Å². The molecule has 0 bridgehead atoms. The van der Waals surface area contributed by atoms with Gasteiger partial charge in [-0.1, -0.05) is 6.08 Å². The third kappa shape index (κ3) is 6.12. The summed E-state index contributed by atoms with van der Waals surface area (Å²) in [6.45, 7) is 6.68. The van der Waals surface area contributed by atoms with Gasteiger partial charge < -0.3 is 5.32 Å². The van der Waals surface area contributed by atoms with Crippen molar-refractivity contribution >= 4 is 11.6 Å². The fraction of sp³-hybridized carbons (Fsp3) is 0.750. The van der Waals surface area contributed by atoms with Crippen molar-refractivity contribution in [2.75, 3.05) is 12.4 Å². The van der Waals surface area contributed by atoms with Gasteiger partial charge in [-0.2, -0.15) is 0 Å². The Bertz CT molecular complexity index is 83.3. The van der Waals surface area contributed by atoms with Gasteiger partial charge in [-0.05, 0) is 19.8 Å². The standard InChI is InChI=1S/C8H16ClN/c1-3-7-10-8(2)5-4-6-9/h3,8,10H,1,4-7H2,2H3. The average Bonchev–Trinajstić information content (AvgIpc) is 1.97. The van der Waals surface area contributed by atoms with E-state index in [-0.39, 0.29) is 0 Å². The van der Waals surface area contributed by atoms with Crippen LogP contribution in [0, 0.1) is 0 Å². The van der Waals surface area contributed by atoms with E-state index in [4.69, 9.17) is 11.6 Å². The quantitative estimate of drug-likeness (QED) is 0.465. The lowest BCUT2D eigenvalue weighted by Crippen LogP contribution is -2.25. The first-order valence-corrected chi connectivity index (χ1v) is 4.25. The molecular weight excluding hydrogens is 146 g/mol. The summed E-state index contributed by atoms with van der Waals surface area (Å²) in [7, 11) is 0. The fourth-order valence-electron chi connectivity index (χ4n) is 0.770. The SMILES string of the molecule is C=CCNC(C)CCCCl. The smallest absolute Gasteiger partial charge is 0.0224 e. The lowest BCUT2D eigenvalue weighted by atomic mass is 10.2. The van der Waals surface area contributed by atoms with E-state index < -0.39 is 0 Å². The van der Waals surface area contributed by atoms with Crippen LogP contribution in [0.3, 0.4) is 0 Å². The first-order valence-electron chi connectivity index (χ1n) is 3.71. The molecule has 0 aromatic rings. The van der Waals surface area contributed by atoms with Crippen LogP contribution in [0.1, 0.15) is 19.8 Å². The molecule has 1 nitrogen and oxygen atoms in total. The molecule has 0 spiro atoms. The molecule has 0 fully saturated rings. The van der Waals surface area contributed by atoms with Gasteiger partial charge in [0.2, 0.25) is 0 Å². The van der Waals surface area contributed by atoms with Crippen LogP contribution in [0.25, 0.3) is 0 Å². The first kappa shape index (κ1) is 9.99. The minimum atomic E-state index is 0.566. The van der Waals surface area contributed by atoms with Crippen LogP contribution in [-0.4, -0.2) is 18.5 Å². The van der Waals surface area contributed by atoms with E-state index in [2.05, 4.69) is 18.8 Å². The Morgan fingerprint density at radius 1 is 1.70 bits per heavy atom. The number of rotatable bonds is 6. The topological polar surface area (TPSA) is 12.0 Å². The Morgan fingerprint density at radius 2 is 2.40 bits per heavy atom. The highest BCUT2D eigenvalue weighted by atomic mass is 35.5. The molecule has 0 heterocycles. The normalized spacial score (nSPS) is 13.0. The Balaban J connectivity index is 3.07. The summed E-state index contributed by atoms with van der Waals surface area (Å²) in [5, 5.41) is 3.29. The zero-order valence-corrected chi connectivity index (χ0v) is 7.32. The molecule has 0 aromatic carbocycles. The zero-order valence-electron chi connectivity index (χ0n) is 6.57. The summed E-state index contributed by atoms with van der Waals surface area (Å²) >= 11 is 5.53. The van der Waals surface area contributed by atoms with Gasteiger partial charge in [0.05, 0.1) is 0 Å². The van der Waals surface area contributed by atoms with Crippen LogP contribution < -0.4 is 5.32 Å². The van der Waals surface area contributed by atoms with Crippen molar-refractivity contribution in [1.29, 1.82) is 0 Å². The van der Waals surface area contributed by atoms with Crippen molar-refractivity contribution in [2.24, 2.45) is 0 Å². The van der Waals surface area contributed by atoms with Crippen LogP contribution >= 0.6 is 11.6 Å². The van der Waals surface area contributed by atoms with Crippen molar-refractivity contribution in [3.63, 3.8) is 0 Å². The molecule has 0 aromatic heterocycles. The highest BCUT2D eigenvalue weighted by Crippen LogP contribution is 1.96. The summed E-state index contributed by atoms with van der Waals surface area (Å²) in [4.78, 5) is 0. The van der Waals surface area contributed by atoms with Crippen LogP contribution in [-0.2, 0) is 0 Å². The molecule has 0 amide bonds. The molecule has 0 aliphatic rings. The van der Waals surface area contributed by atoms with Crippen molar-refractivity contribution in [3.05, 3.63) is 12.7 Å². The molecule has 10 heavy (non-hydrogen) atoms. The molecule has 0 radical (unpaired) electrons. The molecular formula is C8H16ClN. The molecule has 1 atom stereocenters. The van der Waals surface area contributed by atoms with Crippen molar-refractivity contribution < 1.29 is 0 Å². The molecule has 1 unspecified atom stereocenters. The highest BCUT2D eigenvalue weighted by Gasteiger charge is 1.96. The molecule has 1 N–H and O–H groups in total. The Labute approximate surface area is 68.5 Å². The van der Waals surface area contributed by atoms with E-state index in [9.17, 15) is 0 Å². The van der Waals surface area contributed by atoms with Gasteiger partial charge in [0.25, 0.3) is 0 Å². The number of hydrogen-bond acceptors (Lipinski definition) is 1. The second-order valence-corrected chi connectivity index (χ2v) is 2.81. The predicted octanol–water partition coefficient (Wildman–Crippen LogP) is 2.17. The fourth-order valence-corrected chi connectivity index (χ4v) is 0.924. The van der Waals surface area contributed by atoms with Gasteiger partial charge in [-0.15, -0.1) is 18.2 Å². The third-order valence-electron chi connectivity index (χ3n) is 1.38. The largest absolute Gasteiger partial charge is 0.311 e. The number of halogens is 1. The highest BCUT2D eigenvalue weighted by molar-refractivity contribution is 6.17. The number of alkyl halides is 1. The maximum absolute atomic E-state index is 5.53. The second-order valence-electron chi connectivity index (χ2n) is 2.43. The predicted molar refractivity (Wildman–Crippen MR) is 47.6 cm³/mol. The Morgan fingerprint density at radius 3 is 2.90 bits per heavy atom. The molecule has 0 saturated carbocycles. The summed E-state index contributed by atoms with van der Waals surface area (Å²) < 4.78 is 0. The van der Waals surface area contributed by atoms with Gasteiger partial charge in [-0.25, -0.2) is 0 Å². The summed E-state index contributed by atoms with van der Waals surface area (Å²) in [5.74, 6) is 0.764.